The Labute approximate surface area is 208 Å². The monoisotopic (exact) mass is 482 g/mol. The highest BCUT2D eigenvalue weighted by molar-refractivity contribution is 5.75. The van der Waals surface area contributed by atoms with E-state index in [1.807, 2.05) is 38.1 Å². The van der Waals surface area contributed by atoms with E-state index in [2.05, 4.69) is 25.2 Å². The van der Waals surface area contributed by atoms with Crippen molar-refractivity contribution in [3.63, 3.8) is 0 Å². The first kappa shape index (κ1) is 25.5. The molecule has 1 fully saturated rings. The number of aliphatic hydroxyl groups is 1. The zero-order valence-electron chi connectivity index (χ0n) is 21.0. The van der Waals surface area contributed by atoms with Crippen molar-refractivity contribution in [2.75, 3.05) is 0 Å². The fourth-order valence-corrected chi connectivity index (χ4v) is 5.67. The van der Waals surface area contributed by atoms with Gasteiger partial charge in [-0.3, -0.25) is 4.79 Å². The maximum absolute atomic E-state index is 13.2. The molecule has 35 heavy (non-hydrogen) atoms. The molecule has 1 heterocycles. The van der Waals surface area contributed by atoms with E-state index < -0.39 is 12.2 Å². The van der Waals surface area contributed by atoms with Gasteiger partial charge in [0.05, 0.1) is 12.5 Å². The molecule has 1 aromatic carbocycles. The Bertz CT molecular complexity index is 948. The molecular formula is C29H38O6. The first-order valence-electron chi connectivity index (χ1n) is 13.0. The van der Waals surface area contributed by atoms with Crippen LogP contribution in [-0.2, 0) is 19.1 Å². The highest BCUT2D eigenvalue weighted by Crippen LogP contribution is 2.44. The van der Waals surface area contributed by atoms with Crippen molar-refractivity contribution in [2.24, 2.45) is 17.8 Å². The molecule has 0 aromatic heterocycles. The zero-order valence-corrected chi connectivity index (χ0v) is 21.0. The van der Waals surface area contributed by atoms with Crippen molar-refractivity contribution < 1.29 is 28.9 Å². The van der Waals surface area contributed by atoms with Crippen LogP contribution >= 0.6 is 0 Å². The number of carbonyl (C=O) groups is 2. The average molecular weight is 483 g/mol. The minimum atomic E-state index is -0.648. The number of aryl methyl sites for hydroxylation is 1. The number of cyclic esters (lactones) is 1. The third-order valence-corrected chi connectivity index (χ3v) is 7.60. The van der Waals surface area contributed by atoms with Crippen molar-refractivity contribution in [1.29, 1.82) is 0 Å². The van der Waals surface area contributed by atoms with Gasteiger partial charge in [0.2, 0.25) is 0 Å². The molecule has 0 bridgehead atoms. The Balaban J connectivity index is 1.43. The van der Waals surface area contributed by atoms with Gasteiger partial charge in [-0.05, 0) is 68.6 Å². The van der Waals surface area contributed by atoms with Gasteiger partial charge in [0.15, 0.2) is 6.10 Å². The second-order valence-corrected chi connectivity index (χ2v) is 10.3. The van der Waals surface area contributed by atoms with E-state index in [0.29, 0.717) is 30.9 Å². The van der Waals surface area contributed by atoms with Crippen LogP contribution in [0.5, 0.6) is 5.75 Å². The molecule has 2 aliphatic carbocycles. The minimum Gasteiger partial charge on any atom is -0.479 e. The number of carbonyl (C=O) groups excluding carboxylic acids is 2. The Hall–Kier alpha value is -2.60. The highest BCUT2D eigenvalue weighted by atomic mass is 16.6. The largest absolute Gasteiger partial charge is 0.479 e. The van der Waals surface area contributed by atoms with E-state index in [9.17, 15) is 14.7 Å². The maximum Gasteiger partial charge on any atom is 0.347 e. The molecule has 0 unspecified atom stereocenters. The molecule has 0 spiro atoms. The molecule has 4 rings (SSSR count). The summed E-state index contributed by atoms with van der Waals surface area (Å²) < 4.78 is 17.6. The average Bonchev–Trinajstić information content (AvgIpc) is 2.82. The molecule has 190 valence electrons. The van der Waals surface area contributed by atoms with E-state index in [-0.39, 0.29) is 42.4 Å². The number of benzene rings is 1. The lowest BCUT2D eigenvalue weighted by atomic mass is 9.66. The summed E-state index contributed by atoms with van der Waals surface area (Å²) in [5.74, 6) is 0.708. The molecule has 0 amide bonds. The second kappa shape index (κ2) is 11.4. The number of aliphatic hydroxyl groups excluding tert-OH is 1. The van der Waals surface area contributed by atoms with Gasteiger partial charge >= 0.3 is 11.9 Å². The Kier molecular flexibility index (Phi) is 8.32. The van der Waals surface area contributed by atoms with E-state index in [0.717, 1.165) is 24.8 Å². The van der Waals surface area contributed by atoms with Crippen molar-refractivity contribution in [1.82, 2.24) is 0 Å². The van der Waals surface area contributed by atoms with Crippen LogP contribution in [0, 0.1) is 24.7 Å². The molecule has 3 aliphatic rings. The predicted octanol–water partition coefficient (Wildman–Crippen LogP) is 5.07. The van der Waals surface area contributed by atoms with Gasteiger partial charge < -0.3 is 19.3 Å². The van der Waals surface area contributed by atoms with Crippen LogP contribution in [0.2, 0.25) is 0 Å². The summed E-state index contributed by atoms with van der Waals surface area (Å²) in [6, 6.07) is 7.69. The minimum absolute atomic E-state index is 0.0792. The van der Waals surface area contributed by atoms with Crippen LogP contribution in [0.1, 0.15) is 64.4 Å². The number of esters is 2. The lowest BCUT2D eigenvalue weighted by Gasteiger charge is -2.42. The van der Waals surface area contributed by atoms with Crippen molar-refractivity contribution >= 4 is 11.9 Å². The van der Waals surface area contributed by atoms with Gasteiger partial charge in [-0.25, -0.2) is 4.79 Å². The molecule has 0 radical (unpaired) electrons. The molecule has 6 heteroatoms. The molecule has 1 saturated heterocycles. The molecule has 0 saturated carbocycles. The van der Waals surface area contributed by atoms with Gasteiger partial charge in [-0.1, -0.05) is 49.8 Å². The lowest BCUT2D eigenvalue weighted by molar-refractivity contribution is -0.164. The normalized spacial score (nSPS) is 31.1. The smallest absolute Gasteiger partial charge is 0.347 e. The quantitative estimate of drug-likeness (QED) is 0.521. The SMILES string of the molecule is CC[C@@H](Oc1ccc(C)cc1)C(=O)O[C@H]1CCC=C2C=C[C@H](C)[C@H](CC[C@@H]3C[C@@H](O)CC(=O)O3)[C@H]21. The zero-order chi connectivity index (χ0) is 24.9. The van der Waals surface area contributed by atoms with Crippen LogP contribution in [0.25, 0.3) is 0 Å². The first-order chi connectivity index (χ1) is 16.8. The lowest BCUT2D eigenvalue weighted by Crippen LogP contribution is -2.42. The van der Waals surface area contributed by atoms with Gasteiger partial charge in [-0.15, -0.1) is 0 Å². The van der Waals surface area contributed by atoms with Gasteiger partial charge in [-0.2, -0.15) is 0 Å². The summed E-state index contributed by atoms with van der Waals surface area (Å²) in [7, 11) is 0. The van der Waals surface area contributed by atoms with Gasteiger partial charge in [0.25, 0.3) is 0 Å². The number of ether oxygens (including phenoxy) is 3. The molecule has 7 atom stereocenters. The number of allylic oxidation sites excluding steroid dienone is 3. The number of hydrogen-bond acceptors (Lipinski definition) is 6. The number of hydrogen-bond donors (Lipinski definition) is 1. The fraction of sp³-hybridized carbons (Fsp3) is 0.586. The number of rotatable bonds is 8. The van der Waals surface area contributed by atoms with Crippen LogP contribution in [0.15, 0.2) is 48.1 Å². The van der Waals surface area contributed by atoms with Crippen molar-refractivity contribution in [3.05, 3.63) is 53.6 Å². The fourth-order valence-electron chi connectivity index (χ4n) is 5.67. The third kappa shape index (κ3) is 6.35. The Morgan fingerprint density at radius 1 is 1.23 bits per heavy atom. The summed E-state index contributed by atoms with van der Waals surface area (Å²) in [6.45, 7) is 6.14. The van der Waals surface area contributed by atoms with Crippen LogP contribution in [0.4, 0.5) is 0 Å². The molecule has 1 aromatic rings. The van der Waals surface area contributed by atoms with Crippen LogP contribution in [0.3, 0.4) is 0 Å². The molecule has 6 nitrogen and oxygen atoms in total. The Morgan fingerprint density at radius 2 is 2.00 bits per heavy atom. The predicted molar refractivity (Wildman–Crippen MR) is 133 cm³/mol. The van der Waals surface area contributed by atoms with Gasteiger partial charge in [0, 0.05) is 12.3 Å². The van der Waals surface area contributed by atoms with Crippen molar-refractivity contribution in [3.8, 4) is 5.75 Å². The molecule has 1 aliphatic heterocycles. The van der Waals surface area contributed by atoms with Crippen molar-refractivity contribution in [2.45, 2.75) is 90.1 Å². The maximum atomic E-state index is 13.2. The van der Waals surface area contributed by atoms with Crippen LogP contribution in [-0.4, -0.2) is 41.5 Å². The highest BCUT2D eigenvalue weighted by Gasteiger charge is 2.41. The topological polar surface area (TPSA) is 82.1 Å². The summed E-state index contributed by atoms with van der Waals surface area (Å²) in [4.78, 5) is 25.0. The third-order valence-electron chi connectivity index (χ3n) is 7.60. The number of fused-ring (bicyclic) bond motifs is 1. The van der Waals surface area contributed by atoms with Gasteiger partial charge in [0.1, 0.15) is 18.0 Å². The summed E-state index contributed by atoms with van der Waals surface area (Å²) in [6.07, 6.45) is 9.22. The second-order valence-electron chi connectivity index (χ2n) is 10.3. The summed E-state index contributed by atoms with van der Waals surface area (Å²) in [5, 5.41) is 9.97. The molecular weight excluding hydrogens is 444 g/mol. The summed E-state index contributed by atoms with van der Waals surface area (Å²) >= 11 is 0. The van der Waals surface area contributed by atoms with E-state index in [4.69, 9.17) is 14.2 Å². The molecule has 1 N–H and O–H groups in total. The van der Waals surface area contributed by atoms with E-state index >= 15 is 0 Å². The standard InChI is InChI=1S/C29H38O6/c1-4-25(33-22-12-8-18(2)9-13-22)29(32)35-26-7-5-6-20-11-10-19(3)24(28(20)26)15-14-23-16-21(30)17-27(31)34-23/h6,8-13,19,21,23-26,28,30H,4-5,7,14-17H2,1-3H3/t19-,21+,23+,24-,25+,26-,28-/m0/s1. The van der Waals surface area contributed by atoms with Crippen LogP contribution < -0.4 is 4.74 Å². The van der Waals surface area contributed by atoms with E-state index in [1.165, 1.54) is 5.57 Å². The first-order valence-corrected chi connectivity index (χ1v) is 13.0. The Morgan fingerprint density at radius 3 is 2.71 bits per heavy atom. The summed E-state index contributed by atoms with van der Waals surface area (Å²) in [5.41, 5.74) is 2.36. The van der Waals surface area contributed by atoms with E-state index in [1.54, 1.807) is 0 Å².